The van der Waals surface area contributed by atoms with Crippen molar-refractivity contribution in [2.24, 2.45) is 0 Å². The van der Waals surface area contributed by atoms with Crippen LogP contribution in [0.25, 0.3) is 5.69 Å². The lowest BCUT2D eigenvalue weighted by atomic mass is 10.2. The highest BCUT2D eigenvalue weighted by molar-refractivity contribution is 9.10. The predicted molar refractivity (Wildman–Crippen MR) is 65.8 cm³/mol. The van der Waals surface area contributed by atoms with Gasteiger partial charge in [-0.3, -0.25) is 0 Å². The van der Waals surface area contributed by atoms with Crippen molar-refractivity contribution < 1.29 is 13.2 Å². The number of halogens is 5. The summed E-state index contributed by atoms with van der Waals surface area (Å²) in [4.78, 5) is 0. The Morgan fingerprint density at radius 2 is 2.00 bits per heavy atom. The molecule has 0 saturated heterocycles. The maximum absolute atomic E-state index is 12.4. The minimum absolute atomic E-state index is 0.339. The summed E-state index contributed by atoms with van der Waals surface area (Å²) in [5.41, 5.74) is 0.477. The van der Waals surface area contributed by atoms with E-state index >= 15 is 0 Å². The lowest BCUT2D eigenvalue weighted by molar-refractivity contribution is -0.141. The highest BCUT2D eigenvalue weighted by atomic mass is 79.9. The molecule has 18 heavy (non-hydrogen) atoms. The summed E-state index contributed by atoms with van der Waals surface area (Å²) in [5, 5.41) is 3.50. The molecule has 0 atom stereocenters. The van der Waals surface area contributed by atoms with Crippen molar-refractivity contribution in [1.82, 2.24) is 9.78 Å². The van der Waals surface area contributed by atoms with Gasteiger partial charge in [0.05, 0.1) is 5.69 Å². The van der Waals surface area contributed by atoms with Gasteiger partial charge in [-0.05, 0) is 39.7 Å². The van der Waals surface area contributed by atoms with E-state index in [-0.39, 0.29) is 0 Å². The van der Waals surface area contributed by atoms with Crippen molar-refractivity contribution in [1.29, 1.82) is 0 Å². The van der Waals surface area contributed by atoms with Gasteiger partial charge in [0.1, 0.15) is 0 Å². The Hall–Kier alpha value is -1.01. The van der Waals surface area contributed by atoms with Crippen molar-refractivity contribution in [3.8, 4) is 5.69 Å². The average Bonchev–Trinajstić information content (AvgIpc) is 2.77. The molecule has 0 bridgehead atoms. The fraction of sp³-hybridized carbons (Fsp3) is 0.182. The number of hydrogen-bond donors (Lipinski definition) is 0. The second kappa shape index (κ2) is 4.93. The smallest absolute Gasteiger partial charge is 0.239 e. The monoisotopic (exact) mass is 338 g/mol. The van der Waals surface area contributed by atoms with Crippen molar-refractivity contribution >= 4 is 27.5 Å². The molecule has 0 spiro atoms. The molecule has 0 saturated carbocycles. The van der Waals surface area contributed by atoms with Gasteiger partial charge in [0.15, 0.2) is 5.69 Å². The van der Waals surface area contributed by atoms with Crippen molar-refractivity contribution in [3.05, 3.63) is 46.2 Å². The summed E-state index contributed by atoms with van der Waals surface area (Å²) >= 11 is 8.95. The molecule has 0 unspecified atom stereocenters. The van der Waals surface area contributed by atoms with Gasteiger partial charge in [-0.15, -0.1) is 11.6 Å². The largest absolute Gasteiger partial charge is 0.435 e. The molecule has 0 aliphatic carbocycles. The van der Waals surface area contributed by atoms with E-state index in [1.807, 2.05) is 0 Å². The highest BCUT2D eigenvalue weighted by Crippen LogP contribution is 2.29. The van der Waals surface area contributed by atoms with E-state index in [2.05, 4.69) is 21.0 Å². The lowest BCUT2D eigenvalue weighted by Crippen LogP contribution is -2.07. The number of rotatable bonds is 2. The van der Waals surface area contributed by atoms with E-state index in [0.29, 0.717) is 16.0 Å². The standard InChI is InChI=1S/C11H7BrClF3N2/c12-8-5-7(6-13)1-2-9(8)18-4-3-10(17-18)11(14,15)16/h1-5H,6H2. The van der Waals surface area contributed by atoms with Gasteiger partial charge in [-0.1, -0.05) is 6.07 Å². The fourth-order valence-corrected chi connectivity index (χ4v) is 2.20. The molecular weight excluding hydrogens is 332 g/mol. The molecule has 1 aromatic heterocycles. The zero-order chi connectivity index (χ0) is 13.3. The van der Waals surface area contributed by atoms with E-state index in [9.17, 15) is 13.2 Å². The third kappa shape index (κ3) is 2.70. The summed E-state index contributed by atoms with van der Waals surface area (Å²) in [6, 6.07) is 6.08. The Morgan fingerprint density at radius 3 is 2.50 bits per heavy atom. The van der Waals surface area contributed by atoms with Gasteiger partial charge in [0, 0.05) is 16.5 Å². The highest BCUT2D eigenvalue weighted by Gasteiger charge is 2.33. The number of benzene rings is 1. The zero-order valence-corrected chi connectivity index (χ0v) is 11.2. The van der Waals surface area contributed by atoms with Gasteiger partial charge in [0.2, 0.25) is 0 Å². The van der Waals surface area contributed by atoms with Gasteiger partial charge in [-0.2, -0.15) is 18.3 Å². The van der Waals surface area contributed by atoms with Crippen LogP contribution in [0.4, 0.5) is 13.2 Å². The van der Waals surface area contributed by atoms with Crippen LogP contribution in [-0.4, -0.2) is 9.78 Å². The van der Waals surface area contributed by atoms with Crippen LogP contribution in [0, 0.1) is 0 Å². The molecule has 96 valence electrons. The molecule has 1 heterocycles. The molecule has 0 radical (unpaired) electrons. The van der Waals surface area contributed by atoms with Crippen molar-refractivity contribution in [2.75, 3.05) is 0 Å². The normalized spacial score (nSPS) is 11.8. The minimum Gasteiger partial charge on any atom is -0.239 e. The van der Waals surface area contributed by atoms with Gasteiger partial charge < -0.3 is 0 Å². The Morgan fingerprint density at radius 1 is 1.28 bits per heavy atom. The molecule has 7 heteroatoms. The minimum atomic E-state index is -4.44. The van der Waals surface area contributed by atoms with Crippen LogP contribution in [-0.2, 0) is 12.1 Å². The Bertz CT molecular complexity index is 566. The topological polar surface area (TPSA) is 17.8 Å². The summed E-state index contributed by atoms with van der Waals surface area (Å²) in [7, 11) is 0. The number of hydrogen-bond acceptors (Lipinski definition) is 1. The maximum Gasteiger partial charge on any atom is 0.435 e. The van der Waals surface area contributed by atoms with E-state index in [1.54, 1.807) is 18.2 Å². The number of nitrogens with zero attached hydrogens (tertiary/aromatic N) is 2. The van der Waals surface area contributed by atoms with Crippen LogP contribution in [0.3, 0.4) is 0 Å². The molecule has 0 N–H and O–H groups in total. The third-order valence-electron chi connectivity index (χ3n) is 2.29. The third-order valence-corrected chi connectivity index (χ3v) is 3.24. The van der Waals surface area contributed by atoms with E-state index in [4.69, 9.17) is 11.6 Å². The Kier molecular flexibility index (Phi) is 3.68. The van der Waals surface area contributed by atoms with E-state index in [0.717, 1.165) is 11.6 Å². The Labute approximate surface area is 114 Å². The molecule has 2 nitrogen and oxygen atoms in total. The van der Waals surface area contributed by atoms with Crippen LogP contribution in [0.1, 0.15) is 11.3 Å². The fourth-order valence-electron chi connectivity index (χ4n) is 1.43. The predicted octanol–water partition coefficient (Wildman–Crippen LogP) is 4.39. The molecule has 2 rings (SSSR count). The van der Waals surface area contributed by atoms with Crippen molar-refractivity contribution in [3.63, 3.8) is 0 Å². The maximum atomic E-state index is 12.4. The van der Waals surface area contributed by atoms with Crippen LogP contribution in [0.2, 0.25) is 0 Å². The summed E-state index contributed by atoms with van der Waals surface area (Å²) in [6.07, 6.45) is -3.17. The molecule has 0 amide bonds. The molecule has 0 fully saturated rings. The Balaban J connectivity index is 2.40. The lowest BCUT2D eigenvalue weighted by Gasteiger charge is -2.06. The second-order valence-electron chi connectivity index (χ2n) is 3.56. The zero-order valence-electron chi connectivity index (χ0n) is 8.88. The van der Waals surface area contributed by atoms with Gasteiger partial charge in [-0.25, -0.2) is 4.68 Å². The van der Waals surface area contributed by atoms with Crippen LogP contribution < -0.4 is 0 Å². The first kappa shape index (κ1) is 13.4. The number of aromatic nitrogens is 2. The molecular formula is C11H7BrClF3N2. The van der Waals surface area contributed by atoms with Crippen molar-refractivity contribution in [2.45, 2.75) is 12.1 Å². The first-order valence-electron chi connectivity index (χ1n) is 4.89. The SMILES string of the molecule is FC(F)(F)c1ccn(-c2ccc(CCl)cc2Br)n1. The molecule has 0 aliphatic rings. The first-order valence-corrected chi connectivity index (χ1v) is 6.22. The van der Waals surface area contributed by atoms with Gasteiger partial charge >= 0.3 is 6.18 Å². The molecule has 2 aromatic rings. The molecule has 1 aromatic carbocycles. The average molecular weight is 340 g/mol. The van der Waals surface area contributed by atoms with Crippen LogP contribution >= 0.6 is 27.5 Å². The molecule has 0 aliphatic heterocycles. The second-order valence-corrected chi connectivity index (χ2v) is 4.68. The number of alkyl halides is 4. The first-order chi connectivity index (χ1) is 8.41. The quantitative estimate of drug-likeness (QED) is 0.742. The van der Waals surface area contributed by atoms with Crippen LogP contribution in [0.5, 0.6) is 0 Å². The summed E-state index contributed by atoms with van der Waals surface area (Å²) in [6.45, 7) is 0. The van der Waals surface area contributed by atoms with E-state index in [1.165, 1.54) is 10.9 Å². The summed E-state index contributed by atoms with van der Waals surface area (Å²) in [5.74, 6) is 0.339. The summed E-state index contributed by atoms with van der Waals surface area (Å²) < 4.78 is 39.1. The van der Waals surface area contributed by atoms with Crippen LogP contribution in [0.15, 0.2) is 34.9 Å². The van der Waals surface area contributed by atoms with Gasteiger partial charge in [0.25, 0.3) is 0 Å². The van der Waals surface area contributed by atoms with E-state index < -0.39 is 11.9 Å².